The van der Waals surface area contributed by atoms with Crippen LogP contribution in [0.15, 0.2) is 36.6 Å². The van der Waals surface area contributed by atoms with Crippen molar-refractivity contribution in [2.24, 2.45) is 0 Å². The molecule has 2 bridgehead atoms. The molecule has 16 heavy (non-hydrogen) atoms. The molecule has 0 fully saturated rings. The van der Waals surface area contributed by atoms with E-state index in [2.05, 4.69) is 0 Å². The summed E-state index contributed by atoms with van der Waals surface area (Å²) in [7, 11) is 0. The molecule has 1 aromatic carbocycles. The molecule has 0 amide bonds. The molecule has 0 spiro atoms. The van der Waals surface area contributed by atoms with Crippen molar-refractivity contribution in [1.82, 2.24) is 0 Å². The van der Waals surface area contributed by atoms with Gasteiger partial charge in [-0.1, -0.05) is 0 Å². The van der Waals surface area contributed by atoms with Crippen LogP contribution in [0.2, 0.25) is 0 Å². The summed E-state index contributed by atoms with van der Waals surface area (Å²) in [6.07, 6.45) is 3.47. The monoisotopic (exact) mass is 218 g/mol. The summed E-state index contributed by atoms with van der Waals surface area (Å²) < 4.78 is 9.85. The van der Waals surface area contributed by atoms with E-state index in [0.29, 0.717) is 17.5 Å². The maximum absolute atomic E-state index is 11.5. The second-order valence-electron chi connectivity index (χ2n) is 3.28. The lowest BCUT2D eigenvalue weighted by atomic mass is 10.1. The largest absolute Gasteiger partial charge is 0.462 e. The molecule has 0 radical (unpaired) electrons. The Hall–Kier alpha value is -2.10. The zero-order valence-electron chi connectivity index (χ0n) is 8.51. The number of benzene rings is 1. The SMILES string of the molecule is O=C1O/C=C/CCOC(=O)c2ccc1cc2. The Bertz CT molecular complexity index is 431. The number of fused-ring (bicyclic) bond motifs is 8. The van der Waals surface area contributed by atoms with E-state index in [4.69, 9.17) is 9.47 Å². The van der Waals surface area contributed by atoms with Gasteiger partial charge >= 0.3 is 11.9 Å². The lowest BCUT2D eigenvalue weighted by Crippen LogP contribution is -2.08. The molecule has 0 atom stereocenters. The second-order valence-corrected chi connectivity index (χ2v) is 3.28. The minimum Gasteiger partial charge on any atom is -0.462 e. The van der Waals surface area contributed by atoms with Crippen LogP contribution < -0.4 is 0 Å². The van der Waals surface area contributed by atoms with Crippen molar-refractivity contribution in [1.29, 1.82) is 0 Å². The van der Waals surface area contributed by atoms with E-state index in [0.717, 1.165) is 0 Å². The number of hydrogen-bond donors (Lipinski definition) is 0. The molecule has 1 aromatic rings. The Kier molecular flexibility index (Phi) is 3.00. The Morgan fingerprint density at radius 2 is 1.56 bits per heavy atom. The van der Waals surface area contributed by atoms with Crippen LogP contribution in [-0.4, -0.2) is 18.5 Å². The molecule has 4 heteroatoms. The van der Waals surface area contributed by atoms with Gasteiger partial charge < -0.3 is 9.47 Å². The van der Waals surface area contributed by atoms with Crippen LogP contribution in [-0.2, 0) is 9.47 Å². The minimum atomic E-state index is -0.434. The van der Waals surface area contributed by atoms with E-state index in [1.165, 1.54) is 18.4 Å². The van der Waals surface area contributed by atoms with Gasteiger partial charge in [0, 0.05) is 6.42 Å². The van der Waals surface area contributed by atoms with E-state index in [1.807, 2.05) is 0 Å². The van der Waals surface area contributed by atoms with Gasteiger partial charge in [0.05, 0.1) is 24.0 Å². The Labute approximate surface area is 92.5 Å². The Balaban J connectivity index is 2.31. The third-order valence-corrected chi connectivity index (χ3v) is 2.15. The third-order valence-electron chi connectivity index (χ3n) is 2.15. The smallest absolute Gasteiger partial charge is 0.342 e. The first-order valence-electron chi connectivity index (χ1n) is 4.90. The number of esters is 2. The zero-order chi connectivity index (χ0) is 11.4. The highest BCUT2D eigenvalue weighted by atomic mass is 16.5. The summed E-state index contributed by atoms with van der Waals surface area (Å²) in [5.41, 5.74) is 0.836. The Morgan fingerprint density at radius 3 is 2.25 bits per heavy atom. The van der Waals surface area contributed by atoms with Crippen molar-refractivity contribution in [2.75, 3.05) is 6.61 Å². The van der Waals surface area contributed by atoms with Gasteiger partial charge in [0.1, 0.15) is 0 Å². The van der Waals surface area contributed by atoms with Gasteiger partial charge in [-0.05, 0) is 30.3 Å². The maximum atomic E-state index is 11.5. The summed E-state index contributed by atoms with van der Waals surface area (Å²) in [6, 6.07) is 6.16. The Morgan fingerprint density at radius 1 is 0.938 bits per heavy atom. The molecule has 82 valence electrons. The molecule has 0 N–H and O–H groups in total. The van der Waals surface area contributed by atoms with Crippen molar-refractivity contribution >= 4 is 11.9 Å². The first-order valence-corrected chi connectivity index (χ1v) is 4.90. The first-order chi connectivity index (χ1) is 7.77. The lowest BCUT2D eigenvalue weighted by molar-refractivity contribution is 0.0506. The van der Waals surface area contributed by atoms with Crippen LogP contribution in [0.4, 0.5) is 0 Å². The quantitative estimate of drug-likeness (QED) is 0.624. The molecule has 3 rings (SSSR count). The number of carbonyl (C=O) groups is 2. The summed E-state index contributed by atoms with van der Waals surface area (Å²) in [4.78, 5) is 22.9. The predicted octanol–water partition coefficient (Wildman–Crippen LogP) is 1.92. The fraction of sp³-hybridized carbons (Fsp3) is 0.167. The van der Waals surface area contributed by atoms with Gasteiger partial charge in [0.25, 0.3) is 0 Å². The van der Waals surface area contributed by atoms with Crippen molar-refractivity contribution in [2.45, 2.75) is 6.42 Å². The standard InChI is InChI=1S/C12H10O4/c13-11-9-3-5-10(6-4-9)12(14)16-8-2-1-7-15-11/h1,3-7H,2,8H2/b7-1+. The fourth-order valence-corrected chi connectivity index (χ4v) is 1.29. The molecular formula is C12H10O4. The number of rotatable bonds is 0. The van der Waals surface area contributed by atoms with Crippen molar-refractivity contribution in [3.8, 4) is 0 Å². The number of ether oxygens (including phenoxy) is 2. The molecule has 0 aromatic heterocycles. The van der Waals surface area contributed by atoms with Gasteiger partial charge in [-0.2, -0.15) is 0 Å². The molecule has 0 aliphatic carbocycles. The highest BCUT2D eigenvalue weighted by molar-refractivity contribution is 5.93. The van der Waals surface area contributed by atoms with Gasteiger partial charge in [0.2, 0.25) is 0 Å². The molecule has 4 nitrogen and oxygen atoms in total. The topological polar surface area (TPSA) is 52.6 Å². The molecule has 0 saturated heterocycles. The van der Waals surface area contributed by atoms with E-state index in [9.17, 15) is 9.59 Å². The van der Waals surface area contributed by atoms with E-state index in [1.54, 1.807) is 18.2 Å². The molecule has 2 heterocycles. The molecular weight excluding hydrogens is 208 g/mol. The predicted molar refractivity (Wildman–Crippen MR) is 55.9 cm³/mol. The van der Waals surface area contributed by atoms with Crippen molar-refractivity contribution < 1.29 is 19.1 Å². The van der Waals surface area contributed by atoms with Gasteiger partial charge in [-0.15, -0.1) is 0 Å². The molecule has 0 saturated carbocycles. The normalized spacial score (nSPS) is 18.0. The second kappa shape index (κ2) is 4.61. The summed E-state index contributed by atoms with van der Waals surface area (Å²) in [5.74, 6) is -0.814. The molecule has 2 aliphatic rings. The maximum Gasteiger partial charge on any atom is 0.342 e. The van der Waals surface area contributed by atoms with Crippen LogP contribution in [0, 0.1) is 0 Å². The lowest BCUT2D eigenvalue weighted by Gasteiger charge is -2.05. The highest BCUT2D eigenvalue weighted by Gasteiger charge is 2.10. The van der Waals surface area contributed by atoms with E-state index >= 15 is 0 Å². The zero-order valence-corrected chi connectivity index (χ0v) is 8.51. The summed E-state index contributed by atoms with van der Waals surface area (Å²) in [5, 5.41) is 0. The van der Waals surface area contributed by atoms with Crippen molar-refractivity contribution in [3.05, 3.63) is 47.7 Å². The average Bonchev–Trinajstić information content (AvgIpc) is 2.31. The fourth-order valence-electron chi connectivity index (χ4n) is 1.29. The third kappa shape index (κ3) is 2.28. The highest BCUT2D eigenvalue weighted by Crippen LogP contribution is 2.09. The first kappa shape index (κ1) is 10.4. The summed E-state index contributed by atoms with van der Waals surface area (Å²) in [6.45, 7) is 0.272. The van der Waals surface area contributed by atoms with Crippen LogP contribution in [0.3, 0.4) is 0 Å². The summed E-state index contributed by atoms with van der Waals surface area (Å²) >= 11 is 0. The van der Waals surface area contributed by atoms with Gasteiger partial charge in [0.15, 0.2) is 0 Å². The van der Waals surface area contributed by atoms with E-state index in [-0.39, 0.29) is 12.6 Å². The van der Waals surface area contributed by atoms with Crippen LogP contribution in [0.1, 0.15) is 27.1 Å². The van der Waals surface area contributed by atoms with E-state index < -0.39 is 5.97 Å². The van der Waals surface area contributed by atoms with Crippen LogP contribution >= 0.6 is 0 Å². The molecule has 2 aliphatic heterocycles. The van der Waals surface area contributed by atoms with Gasteiger partial charge in [-0.3, -0.25) is 0 Å². The molecule has 0 unspecified atom stereocenters. The minimum absolute atomic E-state index is 0.272. The van der Waals surface area contributed by atoms with Crippen molar-refractivity contribution in [3.63, 3.8) is 0 Å². The van der Waals surface area contributed by atoms with Crippen LogP contribution in [0.5, 0.6) is 0 Å². The average molecular weight is 218 g/mol. The van der Waals surface area contributed by atoms with Crippen LogP contribution in [0.25, 0.3) is 0 Å². The van der Waals surface area contributed by atoms with Gasteiger partial charge in [-0.25, -0.2) is 9.59 Å². The number of carbonyl (C=O) groups excluding carboxylic acids is 2. The number of hydrogen-bond acceptors (Lipinski definition) is 4.